The predicted octanol–water partition coefficient (Wildman–Crippen LogP) is 2.43. The van der Waals surface area contributed by atoms with Gasteiger partial charge >= 0.3 is 5.97 Å². The van der Waals surface area contributed by atoms with E-state index in [4.69, 9.17) is 12.2 Å². The number of hydrogen-bond acceptors (Lipinski definition) is 6. The minimum Gasteiger partial charge on any atom is -0.463 e. The largest absolute Gasteiger partial charge is 0.463 e. The first kappa shape index (κ1) is 24.7. The highest BCUT2D eigenvalue weighted by molar-refractivity contribution is 7.89. The lowest BCUT2D eigenvalue weighted by Gasteiger charge is -2.21. The van der Waals surface area contributed by atoms with Crippen molar-refractivity contribution in [3.05, 3.63) is 36.4 Å². The number of amides is 1. The van der Waals surface area contributed by atoms with Gasteiger partial charge in [-0.1, -0.05) is 13.8 Å². The molecule has 0 saturated carbocycles. The number of nitrogens with zero attached hydrogens (tertiary/aromatic N) is 1. The molecule has 0 radical (unpaired) electrons. The first-order valence-electron chi connectivity index (χ1n) is 9.31. The molecule has 1 aromatic carbocycles. The molecule has 160 valence electrons. The van der Waals surface area contributed by atoms with Crippen LogP contribution in [0.1, 0.15) is 33.6 Å². The Hall–Kier alpha value is -2.30. The summed E-state index contributed by atoms with van der Waals surface area (Å²) in [5.41, 5.74) is 0.515. The van der Waals surface area contributed by atoms with Crippen molar-refractivity contribution in [1.82, 2.24) is 9.62 Å². The lowest BCUT2D eigenvalue weighted by Crippen LogP contribution is -2.33. The maximum Gasteiger partial charge on any atom is 0.330 e. The van der Waals surface area contributed by atoms with Crippen molar-refractivity contribution in [3.8, 4) is 0 Å². The molecule has 0 heterocycles. The Kier molecular flexibility index (Phi) is 10.5. The third kappa shape index (κ3) is 8.30. The molecular formula is C19H27N3O5S2. The van der Waals surface area contributed by atoms with Gasteiger partial charge in [0.15, 0.2) is 5.11 Å². The molecule has 29 heavy (non-hydrogen) atoms. The van der Waals surface area contributed by atoms with Crippen molar-refractivity contribution in [3.63, 3.8) is 0 Å². The van der Waals surface area contributed by atoms with Crippen molar-refractivity contribution in [1.29, 1.82) is 0 Å². The summed E-state index contributed by atoms with van der Waals surface area (Å²) < 4.78 is 31.6. The zero-order valence-corrected chi connectivity index (χ0v) is 18.4. The molecule has 0 aliphatic carbocycles. The summed E-state index contributed by atoms with van der Waals surface area (Å²) >= 11 is 5.04. The summed E-state index contributed by atoms with van der Waals surface area (Å²) in [6.07, 6.45) is 3.48. The van der Waals surface area contributed by atoms with Crippen molar-refractivity contribution in [2.24, 2.45) is 0 Å². The average Bonchev–Trinajstić information content (AvgIpc) is 2.67. The minimum absolute atomic E-state index is 0.0118. The highest BCUT2D eigenvalue weighted by Gasteiger charge is 2.22. The first-order valence-corrected chi connectivity index (χ1v) is 11.2. The Morgan fingerprint density at radius 2 is 1.66 bits per heavy atom. The number of anilines is 1. The zero-order chi connectivity index (χ0) is 21.9. The van der Waals surface area contributed by atoms with E-state index in [9.17, 15) is 18.0 Å². The number of hydrogen-bond donors (Lipinski definition) is 2. The first-order chi connectivity index (χ1) is 13.7. The number of thiocarbonyl (C=S) groups is 1. The van der Waals surface area contributed by atoms with Gasteiger partial charge in [-0.15, -0.1) is 0 Å². The zero-order valence-electron chi connectivity index (χ0n) is 16.8. The number of esters is 1. The number of sulfonamides is 1. The minimum atomic E-state index is -3.56. The molecule has 0 aliphatic heterocycles. The fourth-order valence-electron chi connectivity index (χ4n) is 2.36. The predicted molar refractivity (Wildman–Crippen MR) is 116 cm³/mol. The molecule has 0 fully saturated rings. The molecular weight excluding hydrogens is 414 g/mol. The molecule has 0 spiro atoms. The molecule has 1 rings (SSSR count). The third-order valence-corrected chi connectivity index (χ3v) is 5.71. The molecule has 1 aromatic rings. The second-order valence-electron chi connectivity index (χ2n) is 5.96. The van der Waals surface area contributed by atoms with E-state index in [0.717, 1.165) is 25.0 Å². The van der Waals surface area contributed by atoms with E-state index < -0.39 is 21.9 Å². The number of carbonyl (C=O) groups is 2. The molecule has 0 aromatic heterocycles. The van der Waals surface area contributed by atoms with Crippen LogP contribution in [-0.4, -0.2) is 49.4 Å². The topological polar surface area (TPSA) is 105 Å². The van der Waals surface area contributed by atoms with E-state index in [1.54, 1.807) is 19.1 Å². The molecule has 0 atom stereocenters. The van der Waals surface area contributed by atoms with Gasteiger partial charge in [-0.2, -0.15) is 4.31 Å². The van der Waals surface area contributed by atoms with Crippen LogP contribution in [0, 0.1) is 0 Å². The molecule has 0 unspecified atom stereocenters. The van der Waals surface area contributed by atoms with Crippen LogP contribution in [0.2, 0.25) is 0 Å². The fourth-order valence-corrected chi connectivity index (χ4v) is 4.20. The van der Waals surface area contributed by atoms with Crippen LogP contribution in [0.3, 0.4) is 0 Å². The highest BCUT2D eigenvalue weighted by atomic mass is 32.2. The van der Waals surface area contributed by atoms with E-state index in [1.165, 1.54) is 16.4 Å². The molecule has 10 heteroatoms. The number of ether oxygens (including phenoxy) is 1. The van der Waals surface area contributed by atoms with Gasteiger partial charge in [-0.25, -0.2) is 13.2 Å². The van der Waals surface area contributed by atoms with Crippen LogP contribution >= 0.6 is 12.2 Å². The van der Waals surface area contributed by atoms with Gasteiger partial charge in [0.05, 0.1) is 11.5 Å². The van der Waals surface area contributed by atoms with E-state index in [1.807, 2.05) is 13.8 Å². The van der Waals surface area contributed by atoms with Crippen molar-refractivity contribution < 1.29 is 22.7 Å². The molecule has 1 amide bonds. The smallest absolute Gasteiger partial charge is 0.330 e. The maximum atomic E-state index is 12.7. The van der Waals surface area contributed by atoms with Gasteiger partial charge in [0.25, 0.3) is 0 Å². The Morgan fingerprint density at radius 3 is 2.17 bits per heavy atom. The second kappa shape index (κ2) is 12.3. The van der Waals surface area contributed by atoms with Gasteiger partial charge in [0, 0.05) is 30.9 Å². The lowest BCUT2D eigenvalue weighted by atomic mass is 10.3. The third-order valence-electron chi connectivity index (χ3n) is 3.59. The van der Waals surface area contributed by atoms with Crippen molar-refractivity contribution >= 4 is 44.9 Å². The Bertz CT molecular complexity index is 830. The summed E-state index contributed by atoms with van der Waals surface area (Å²) in [5, 5.41) is 5.18. The normalized spacial score (nSPS) is 11.4. The quantitative estimate of drug-likeness (QED) is 0.326. The molecule has 0 saturated heterocycles. The van der Waals surface area contributed by atoms with Crippen LogP contribution < -0.4 is 10.6 Å². The maximum absolute atomic E-state index is 12.7. The summed E-state index contributed by atoms with van der Waals surface area (Å²) in [6, 6.07) is 6.11. The molecule has 2 N–H and O–H groups in total. The summed E-state index contributed by atoms with van der Waals surface area (Å²) in [5.74, 6) is -1.22. The Balaban J connectivity index is 2.73. The van der Waals surface area contributed by atoms with E-state index in [2.05, 4.69) is 15.4 Å². The van der Waals surface area contributed by atoms with Crippen LogP contribution in [0.15, 0.2) is 41.3 Å². The van der Waals surface area contributed by atoms with Crippen LogP contribution in [0.4, 0.5) is 5.69 Å². The SMILES string of the molecule is CCCN(CCC)S(=O)(=O)c1ccc(NC(=S)NC(=O)C=CC(=O)OCC)cc1. The Morgan fingerprint density at radius 1 is 1.07 bits per heavy atom. The fraction of sp³-hybridized carbons (Fsp3) is 0.421. The van der Waals surface area contributed by atoms with Gasteiger partial charge in [0.2, 0.25) is 15.9 Å². The molecule has 0 aliphatic rings. The van der Waals surface area contributed by atoms with Gasteiger partial charge in [-0.3, -0.25) is 10.1 Å². The van der Waals surface area contributed by atoms with E-state index >= 15 is 0 Å². The summed E-state index contributed by atoms with van der Waals surface area (Å²) in [4.78, 5) is 23.1. The van der Waals surface area contributed by atoms with Crippen LogP contribution in [0.25, 0.3) is 0 Å². The van der Waals surface area contributed by atoms with Crippen LogP contribution in [-0.2, 0) is 24.3 Å². The van der Waals surface area contributed by atoms with Crippen LogP contribution in [0.5, 0.6) is 0 Å². The van der Waals surface area contributed by atoms with Crippen molar-refractivity contribution in [2.75, 3.05) is 25.0 Å². The summed E-state index contributed by atoms with van der Waals surface area (Å²) in [6.45, 7) is 6.67. The molecule has 8 nitrogen and oxygen atoms in total. The highest BCUT2D eigenvalue weighted by Crippen LogP contribution is 2.19. The lowest BCUT2D eigenvalue weighted by molar-refractivity contribution is -0.137. The second-order valence-corrected chi connectivity index (χ2v) is 8.30. The van der Waals surface area contributed by atoms with Crippen molar-refractivity contribution in [2.45, 2.75) is 38.5 Å². The van der Waals surface area contributed by atoms with Gasteiger partial charge < -0.3 is 10.1 Å². The Labute approximate surface area is 177 Å². The monoisotopic (exact) mass is 441 g/mol. The standard InChI is InChI=1S/C19H27N3O5S2/c1-4-13-22(14-5-2)29(25,26)16-9-7-15(8-10-16)20-19(28)21-17(23)11-12-18(24)27-6-3/h7-12H,4-6,13-14H2,1-3H3,(H2,20,21,23,28). The van der Waals surface area contributed by atoms with Gasteiger partial charge in [-0.05, 0) is 56.2 Å². The average molecular weight is 442 g/mol. The summed E-state index contributed by atoms with van der Waals surface area (Å²) in [7, 11) is -3.56. The molecule has 0 bridgehead atoms. The van der Waals surface area contributed by atoms with E-state index in [0.29, 0.717) is 18.8 Å². The number of nitrogens with one attached hydrogen (secondary N) is 2. The number of rotatable bonds is 10. The van der Waals surface area contributed by atoms with Gasteiger partial charge in [0.1, 0.15) is 0 Å². The number of benzene rings is 1. The number of carbonyl (C=O) groups excluding carboxylic acids is 2. The van der Waals surface area contributed by atoms with E-state index in [-0.39, 0.29) is 16.6 Å².